The zero-order valence-electron chi connectivity index (χ0n) is 10.3. The van der Waals surface area contributed by atoms with Gasteiger partial charge >= 0.3 is 0 Å². The molecule has 0 aliphatic heterocycles. The molecule has 1 heterocycles. The highest BCUT2D eigenvalue weighted by atomic mass is 16.3. The van der Waals surface area contributed by atoms with E-state index in [0.717, 1.165) is 16.9 Å². The minimum Gasteiger partial charge on any atom is -0.459 e. The summed E-state index contributed by atoms with van der Waals surface area (Å²) in [4.78, 5) is 12.9. The Labute approximate surface area is 102 Å². The Balaban J connectivity index is 3.03. The van der Waals surface area contributed by atoms with Gasteiger partial charge in [0.15, 0.2) is 0 Å². The van der Waals surface area contributed by atoms with Crippen LogP contribution in [0.1, 0.15) is 22.6 Å². The first-order chi connectivity index (χ1) is 8.04. The average molecular weight is 231 g/mol. The van der Waals surface area contributed by atoms with Crippen LogP contribution in [0, 0.1) is 6.92 Å². The van der Waals surface area contributed by atoms with Crippen molar-refractivity contribution in [2.45, 2.75) is 13.5 Å². The molecule has 1 aromatic rings. The summed E-state index contributed by atoms with van der Waals surface area (Å²) >= 11 is 0. The quantitative estimate of drug-likeness (QED) is 0.730. The molecule has 0 aliphatic carbocycles. The van der Waals surface area contributed by atoms with Crippen molar-refractivity contribution in [2.75, 3.05) is 7.05 Å². The number of carbonyl (C=O) groups is 1. The van der Waals surface area contributed by atoms with E-state index in [1.807, 2.05) is 6.92 Å². The molecule has 0 unspecified atom stereocenters. The summed E-state index contributed by atoms with van der Waals surface area (Å²) in [7, 11) is 1.70. The van der Waals surface area contributed by atoms with Crippen molar-refractivity contribution in [1.29, 1.82) is 0 Å². The highest BCUT2D eigenvalue weighted by Gasteiger charge is 2.15. The highest BCUT2D eigenvalue weighted by molar-refractivity contribution is 5.86. The van der Waals surface area contributed by atoms with Crippen LogP contribution < -0.4 is 0 Å². The van der Waals surface area contributed by atoms with Crippen LogP contribution >= 0.6 is 0 Å². The van der Waals surface area contributed by atoms with E-state index in [0.29, 0.717) is 12.3 Å². The van der Waals surface area contributed by atoms with E-state index in [9.17, 15) is 4.79 Å². The average Bonchev–Trinajstić information content (AvgIpc) is 2.64. The van der Waals surface area contributed by atoms with Crippen molar-refractivity contribution >= 4 is 18.1 Å². The van der Waals surface area contributed by atoms with Gasteiger partial charge < -0.3 is 9.32 Å². The van der Waals surface area contributed by atoms with Crippen LogP contribution in [-0.2, 0) is 11.3 Å². The third kappa shape index (κ3) is 2.56. The molecule has 0 saturated heterocycles. The Hall–Kier alpha value is -2.03. The van der Waals surface area contributed by atoms with Crippen molar-refractivity contribution in [1.82, 2.24) is 4.90 Å². The second-order valence-electron chi connectivity index (χ2n) is 3.73. The van der Waals surface area contributed by atoms with Crippen LogP contribution in [0.2, 0.25) is 0 Å². The summed E-state index contributed by atoms with van der Waals surface area (Å²) in [6.45, 7) is 13.2. The van der Waals surface area contributed by atoms with E-state index in [4.69, 9.17) is 4.42 Å². The lowest BCUT2D eigenvalue weighted by Crippen LogP contribution is -2.23. The van der Waals surface area contributed by atoms with Gasteiger partial charge in [-0.15, -0.1) is 0 Å². The van der Waals surface area contributed by atoms with Crippen LogP contribution in [0.4, 0.5) is 0 Å². The molecule has 1 amide bonds. The molecule has 0 N–H and O–H groups in total. The zero-order valence-corrected chi connectivity index (χ0v) is 10.3. The van der Waals surface area contributed by atoms with E-state index < -0.39 is 0 Å². The number of rotatable bonds is 5. The van der Waals surface area contributed by atoms with E-state index in [1.165, 1.54) is 6.08 Å². The molecule has 0 atom stereocenters. The zero-order chi connectivity index (χ0) is 13.0. The summed E-state index contributed by atoms with van der Waals surface area (Å²) < 4.78 is 5.63. The number of nitrogens with zero attached hydrogens (tertiary/aromatic N) is 1. The van der Waals surface area contributed by atoms with Gasteiger partial charge in [0, 0.05) is 18.2 Å². The van der Waals surface area contributed by atoms with E-state index in [-0.39, 0.29) is 5.91 Å². The van der Waals surface area contributed by atoms with Crippen LogP contribution in [-0.4, -0.2) is 17.9 Å². The van der Waals surface area contributed by atoms with E-state index in [2.05, 4.69) is 19.7 Å². The standard InChI is InChI=1S/C14H17NO2/c1-6-11-10(4)13(17-12(11)7-2)9-15(5)14(16)8-3/h6-8H,1-3,9H2,4-5H3. The molecule has 17 heavy (non-hydrogen) atoms. The number of hydrogen-bond acceptors (Lipinski definition) is 2. The van der Waals surface area contributed by atoms with Gasteiger partial charge in [-0.05, 0) is 19.1 Å². The fourth-order valence-electron chi connectivity index (χ4n) is 1.60. The van der Waals surface area contributed by atoms with Gasteiger partial charge in [0.25, 0.3) is 0 Å². The topological polar surface area (TPSA) is 33.5 Å². The molecule has 3 nitrogen and oxygen atoms in total. The minimum atomic E-state index is -0.138. The Morgan fingerprint density at radius 1 is 1.35 bits per heavy atom. The Bertz CT molecular complexity index is 469. The van der Waals surface area contributed by atoms with Crippen molar-refractivity contribution in [3.05, 3.63) is 48.5 Å². The second kappa shape index (κ2) is 5.34. The molecule has 0 bridgehead atoms. The van der Waals surface area contributed by atoms with Gasteiger partial charge in [-0.3, -0.25) is 4.79 Å². The van der Waals surface area contributed by atoms with Crippen molar-refractivity contribution < 1.29 is 9.21 Å². The number of carbonyl (C=O) groups excluding carboxylic acids is 1. The molecular formula is C14H17NO2. The molecule has 0 spiro atoms. The van der Waals surface area contributed by atoms with E-state index >= 15 is 0 Å². The van der Waals surface area contributed by atoms with Crippen molar-refractivity contribution in [2.24, 2.45) is 0 Å². The number of likely N-dealkylation sites (N-methyl/N-ethyl adjacent to an activating group) is 1. The predicted molar refractivity (Wildman–Crippen MR) is 70.3 cm³/mol. The van der Waals surface area contributed by atoms with Crippen molar-refractivity contribution in [3.63, 3.8) is 0 Å². The largest absolute Gasteiger partial charge is 0.459 e. The van der Waals surface area contributed by atoms with Gasteiger partial charge in [0.2, 0.25) is 5.91 Å². The predicted octanol–water partition coefficient (Wildman–Crippen LogP) is 3.02. The molecule has 0 aromatic carbocycles. The molecule has 0 saturated carbocycles. The minimum absolute atomic E-state index is 0.138. The molecule has 0 aliphatic rings. The van der Waals surface area contributed by atoms with Gasteiger partial charge in [-0.1, -0.05) is 25.8 Å². The lowest BCUT2D eigenvalue weighted by molar-refractivity contribution is -0.125. The Morgan fingerprint density at radius 2 is 2.00 bits per heavy atom. The maximum Gasteiger partial charge on any atom is 0.246 e. The van der Waals surface area contributed by atoms with Gasteiger partial charge in [0.05, 0.1) is 6.54 Å². The maximum atomic E-state index is 11.4. The third-order valence-electron chi connectivity index (χ3n) is 2.64. The summed E-state index contributed by atoms with van der Waals surface area (Å²) in [5.74, 6) is 1.29. The fourth-order valence-corrected chi connectivity index (χ4v) is 1.60. The van der Waals surface area contributed by atoms with Crippen LogP contribution in [0.15, 0.2) is 30.2 Å². The molecule has 0 fully saturated rings. The number of hydrogen-bond donors (Lipinski definition) is 0. The smallest absolute Gasteiger partial charge is 0.246 e. The highest BCUT2D eigenvalue weighted by Crippen LogP contribution is 2.25. The summed E-state index contributed by atoms with van der Waals surface area (Å²) in [5.41, 5.74) is 1.91. The SMILES string of the molecule is C=CC(=O)N(C)Cc1oc(C=C)c(C=C)c1C. The first-order valence-electron chi connectivity index (χ1n) is 5.29. The normalized spacial score (nSPS) is 9.76. The van der Waals surface area contributed by atoms with Crippen LogP contribution in [0.3, 0.4) is 0 Å². The first-order valence-corrected chi connectivity index (χ1v) is 5.29. The summed E-state index contributed by atoms with van der Waals surface area (Å²) in [6, 6.07) is 0. The van der Waals surface area contributed by atoms with Gasteiger partial charge in [-0.2, -0.15) is 0 Å². The van der Waals surface area contributed by atoms with Crippen molar-refractivity contribution in [3.8, 4) is 0 Å². The number of furan rings is 1. The second-order valence-corrected chi connectivity index (χ2v) is 3.73. The summed E-state index contributed by atoms with van der Waals surface area (Å²) in [5, 5.41) is 0. The molecule has 1 rings (SSSR count). The summed E-state index contributed by atoms with van der Waals surface area (Å²) in [6.07, 6.45) is 4.65. The third-order valence-corrected chi connectivity index (χ3v) is 2.64. The molecule has 90 valence electrons. The monoisotopic (exact) mass is 231 g/mol. The Kier molecular flexibility index (Phi) is 4.10. The Morgan fingerprint density at radius 3 is 2.41 bits per heavy atom. The molecular weight excluding hydrogens is 214 g/mol. The first kappa shape index (κ1) is 13.0. The van der Waals surface area contributed by atoms with Gasteiger partial charge in [0.1, 0.15) is 11.5 Å². The van der Waals surface area contributed by atoms with E-state index in [1.54, 1.807) is 24.1 Å². The maximum absolute atomic E-state index is 11.4. The van der Waals surface area contributed by atoms with Crippen LogP contribution in [0.5, 0.6) is 0 Å². The lowest BCUT2D eigenvalue weighted by atomic mass is 10.1. The molecule has 0 radical (unpaired) electrons. The number of amides is 1. The van der Waals surface area contributed by atoms with Gasteiger partial charge in [-0.25, -0.2) is 0 Å². The molecule has 1 aromatic heterocycles. The molecule has 3 heteroatoms. The lowest BCUT2D eigenvalue weighted by Gasteiger charge is -2.13. The fraction of sp³-hybridized carbons (Fsp3) is 0.214. The van der Waals surface area contributed by atoms with Crippen LogP contribution in [0.25, 0.3) is 12.2 Å².